The fourth-order valence-electron chi connectivity index (χ4n) is 3.49. The van der Waals surface area contributed by atoms with Crippen LogP contribution in [-0.2, 0) is 4.74 Å². The normalized spacial score (nSPS) is 23.6. The van der Waals surface area contributed by atoms with Gasteiger partial charge in [0.05, 0.1) is 13.2 Å². The fourth-order valence-corrected chi connectivity index (χ4v) is 3.49. The van der Waals surface area contributed by atoms with Gasteiger partial charge in [-0.15, -0.1) is 6.58 Å². The third-order valence-corrected chi connectivity index (χ3v) is 4.69. The van der Waals surface area contributed by atoms with Gasteiger partial charge < -0.3 is 15.4 Å². The molecular formula is C16H30N4O. The van der Waals surface area contributed by atoms with Gasteiger partial charge in [0.1, 0.15) is 0 Å². The van der Waals surface area contributed by atoms with Crippen molar-refractivity contribution in [2.24, 2.45) is 4.99 Å². The summed E-state index contributed by atoms with van der Waals surface area (Å²) in [5.41, 5.74) is 0.272. The minimum absolute atomic E-state index is 0.272. The van der Waals surface area contributed by atoms with Crippen LogP contribution in [0.1, 0.15) is 32.1 Å². The molecule has 0 unspecified atom stereocenters. The van der Waals surface area contributed by atoms with Crippen molar-refractivity contribution in [3.05, 3.63) is 12.7 Å². The summed E-state index contributed by atoms with van der Waals surface area (Å²) >= 11 is 0. The number of morpholine rings is 1. The third-order valence-electron chi connectivity index (χ3n) is 4.69. The molecule has 2 aliphatic rings. The van der Waals surface area contributed by atoms with E-state index in [0.717, 1.165) is 45.4 Å². The third kappa shape index (κ3) is 4.45. The lowest BCUT2D eigenvalue weighted by Gasteiger charge is -2.48. The summed E-state index contributed by atoms with van der Waals surface area (Å²) < 4.78 is 5.53. The monoisotopic (exact) mass is 294 g/mol. The van der Waals surface area contributed by atoms with Gasteiger partial charge in [-0.2, -0.15) is 0 Å². The summed E-state index contributed by atoms with van der Waals surface area (Å²) in [7, 11) is 1.82. The van der Waals surface area contributed by atoms with Gasteiger partial charge in [0.15, 0.2) is 5.96 Å². The van der Waals surface area contributed by atoms with Crippen LogP contribution in [0.3, 0.4) is 0 Å². The number of nitrogens with zero attached hydrogens (tertiary/aromatic N) is 2. The van der Waals surface area contributed by atoms with Gasteiger partial charge in [-0.3, -0.25) is 9.89 Å². The van der Waals surface area contributed by atoms with E-state index in [1.807, 2.05) is 13.1 Å². The molecule has 1 aliphatic heterocycles. The molecule has 0 amide bonds. The van der Waals surface area contributed by atoms with Crippen molar-refractivity contribution in [2.45, 2.75) is 37.6 Å². The quantitative estimate of drug-likeness (QED) is 0.457. The topological polar surface area (TPSA) is 48.9 Å². The van der Waals surface area contributed by atoms with E-state index < -0.39 is 0 Å². The van der Waals surface area contributed by atoms with Crippen molar-refractivity contribution >= 4 is 5.96 Å². The van der Waals surface area contributed by atoms with Crippen LogP contribution in [0.4, 0.5) is 0 Å². The van der Waals surface area contributed by atoms with Crippen molar-refractivity contribution in [3.63, 3.8) is 0 Å². The molecule has 1 saturated heterocycles. The standard InChI is InChI=1S/C16H30N4O/c1-3-9-18-15(17-2)19-14-16(7-5-4-6-8-16)20-10-12-21-13-11-20/h3H,1,4-14H2,2H3,(H2,17,18,19). The summed E-state index contributed by atoms with van der Waals surface area (Å²) in [6, 6.07) is 0. The first kappa shape index (κ1) is 16.3. The number of nitrogens with one attached hydrogen (secondary N) is 2. The average Bonchev–Trinajstić information content (AvgIpc) is 2.57. The summed E-state index contributed by atoms with van der Waals surface area (Å²) in [5, 5.41) is 6.78. The second-order valence-electron chi connectivity index (χ2n) is 5.98. The van der Waals surface area contributed by atoms with E-state index in [1.165, 1.54) is 32.1 Å². The Morgan fingerprint density at radius 1 is 1.24 bits per heavy atom. The Morgan fingerprint density at radius 3 is 2.57 bits per heavy atom. The molecule has 21 heavy (non-hydrogen) atoms. The molecule has 0 bridgehead atoms. The molecule has 0 aromatic heterocycles. The number of ether oxygens (including phenoxy) is 1. The maximum atomic E-state index is 5.53. The maximum Gasteiger partial charge on any atom is 0.191 e. The van der Waals surface area contributed by atoms with Crippen LogP contribution < -0.4 is 10.6 Å². The van der Waals surface area contributed by atoms with E-state index >= 15 is 0 Å². The number of hydrogen-bond acceptors (Lipinski definition) is 3. The second kappa shape index (κ2) is 8.39. The first-order valence-corrected chi connectivity index (χ1v) is 8.19. The highest BCUT2D eigenvalue weighted by Gasteiger charge is 2.38. The zero-order valence-corrected chi connectivity index (χ0v) is 13.4. The van der Waals surface area contributed by atoms with Gasteiger partial charge in [-0.1, -0.05) is 25.3 Å². The van der Waals surface area contributed by atoms with Gasteiger partial charge in [-0.25, -0.2) is 0 Å². The first-order valence-electron chi connectivity index (χ1n) is 8.19. The zero-order chi connectivity index (χ0) is 15.0. The molecule has 2 rings (SSSR count). The fraction of sp³-hybridized carbons (Fsp3) is 0.812. The Morgan fingerprint density at radius 2 is 1.95 bits per heavy atom. The van der Waals surface area contributed by atoms with Gasteiger partial charge in [0.25, 0.3) is 0 Å². The van der Waals surface area contributed by atoms with Crippen LogP contribution in [0.25, 0.3) is 0 Å². The Bertz CT molecular complexity index is 344. The lowest BCUT2D eigenvalue weighted by atomic mass is 9.80. The molecule has 2 N–H and O–H groups in total. The Hall–Kier alpha value is -1.07. The molecule has 120 valence electrons. The SMILES string of the molecule is C=CCNC(=NC)NCC1(N2CCOCC2)CCCCC1. The number of aliphatic imine (C=N–C) groups is 1. The molecule has 5 nitrogen and oxygen atoms in total. The summed E-state index contributed by atoms with van der Waals surface area (Å²) in [4.78, 5) is 6.93. The van der Waals surface area contributed by atoms with Crippen LogP contribution in [0.2, 0.25) is 0 Å². The molecule has 1 heterocycles. The molecule has 0 radical (unpaired) electrons. The highest BCUT2D eigenvalue weighted by molar-refractivity contribution is 5.79. The van der Waals surface area contributed by atoms with Crippen molar-refractivity contribution in [2.75, 3.05) is 46.4 Å². The van der Waals surface area contributed by atoms with E-state index in [0.29, 0.717) is 0 Å². The zero-order valence-electron chi connectivity index (χ0n) is 13.4. The Kier molecular flexibility index (Phi) is 6.51. The number of hydrogen-bond donors (Lipinski definition) is 2. The predicted molar refractivity (Wildman–Crippen MR) is 87.8 cm³/mol. The van der Waals surface area contributed by atoms with E-state index in [9.17, 15) is 0 Å². The average molecular weight is 294 g/mol. The van der Waals surface area contributed by atoms with Gasteiger partial charge in [0, 0.05) is 38.8 Å². The first-order chi connectivity index (χ1) is 10.3. The van der Waals surface area contributed by atoms with Crippen LogP contribution in [0.5, 0.6) is 0 Å². The van der Waals surface area contributed by atoms with Crippen molar-refractivity contribution in [1.29, 1.82) is 0 Å². The molecule has 5 heteroatoms. The second-order valence-corrected chi connectivity index (χ2v) is 5.98. The van der Waals surface area contributed by atoms with Crippen molar-refractivity contribution in [1.82, 2.24) is 15.5 Å². The minimum Gasteiger partial charge on any atom is -0.379 e. The smallest absolute Gasteiger partial charge is 0.191 e. The van der Waals surface area contributed by atoms with Gasteiger partial charge in [0.2, 0.25) is 0 Å². The van der Waals surface area contributed by atoms with E-state index in [1.54, 1.807) is 0 Å². The lowest BCUT2D eigenvalue weighted by Crippen LogP contribution is -2.60. The summed E-state index contributed by atoms with van der Waals surface area (Å²) in [6.45, 7) is 9.28. The molecule has 1 aliphatic carbocycles. The van der Waals surface area contributed by atoms with Crippen molar-refractivity contribution < 1.29 is 4.74 Å². The van der Waals surface area contributed by atoms with Crippen LogP contribution in [0.15, 0.2) is 17.6 Å². The summed E-state index contributed by atoms with van der Waals surface area (Å²) in [5.74, 6) is 0.869. The van der Waals surface area contributed by atoms with Crippen LogP contribution in [0, 0.1) is 0 Å². The molecule has 0 atom stereocenters. The predicted octanol–water partition coefficient (Wildman–Crippen LogP) is 1.37. The lowest BCUT2D eigenvalue weighted by molar-refractivity contribution is -0.0352. The van der Waals surface area contributed by atoms with E-state index in [-0.39, 0.29) is 5.54 Å². The Balaban J connectivity index is 1.96. The van der Waals surface area contributed by atoms with Crippen LogP contribution in [-0.4, -0.2) is 62.8 Å². The van der Waals surface area contributed by atoms with Crippen LogP contribution >= 0.6 is 0 Å². The molecule has 0 aromatic carbocycles. The molecule has 1 saturated carbocycles. The Labute approximate surface area is 128 Å². The van der Waals surface area contributed by atoms with Gasteiger partial charge in [-0.05, 0) is 12.8 Å². The molecule has 0 aromatic rings. The number of rotatable bonds is 5. The van der Waals surface area contributed by atoms with E-state index in [2.05, 4.69) is 27.1 Å². The highest BCUT2D eigenvalue weighted by atomic mass is 16.5. The highest BCUT2D eigenvalue weighted by Crippen LogP contribution is 2.33. The maximum absolute atomic E-state index is 5.53. The molecule has 0 spiro atoms. The van der Waals surface area contributed by atoms with Crippen molar-refractivity contribution in [3.8, 4) is 0 Å². The minimum atomic E-state index is 0.272. The largest absolute Gasteiger partial charge is 0.379 e. The summed E-state index contributed by atoms with van der Waals surface area (Å²) in [6.07, 6.45) is 8.44. The van der Waals surface area contributed by atoms with Gasteiger partial charge >= 0.3 is 0 Å². The number of guanidine groups is 1. The molecule has 2 fully saturated rings. The molecular weight excluding hydrogens is 264 g/mol. The van der Waals surface area contributed by atoms with E-state index in [4.69, 9.17) is 4.74 Å².